The first-order valence-corrected chi connectivity index (χ1v) is 12.9. The summed E-state index contributed by atoms with van der Waals surface area (Å²) in [6, 6.07) is 8.13. The van der Waals surface area contributed by atoms with Crippen molar-refractivity contribution in [2.45, 2.75) is 44.0 Å². The molecule has 0 saturated carbocycles. The Morgan fingerprint density at radius 2 is 1.59 bits per heavy atom. The van der Waals surface area contributed by atoms with Gasteiger partial charge in [0.1, 0.15) is 0 Å². The van der Waals surface area contributed by atoms with Gasteiger partial charge in [0, 0.05) is 37.8 Å². The number of amides is 2. The van der Waals surface area contributed by atoms with E-state index in [2.05, 4.69) is 10.2 Å². The number of hydrogen-bond donors (Lipinski definition) is 3. The minimum Gasteiger partial charge on any atom is -0.478 e. The third kappa shape index (κ3) is 11.8. The highest BCUT2D eigenvalue weighted by molar-refractivity contribution is 7.91. The quantitative estimate of drug-likeness (QED) is 0.417. The van der Waals surface area contributed by atoms with Crippen LogP contribution in [0.3, 0.4) is 0 Å². The van der Waals surface area contributed by atoms with Gasteiger partial charge in [-0.2, -0.15) is 0 Å². The summed E-state index contributed by atoms with van der Waals surface area (Å²) in [5, 5.41) is 18.6. The molecule has 0 unspecified atom stereocenters. The number of carboxylic acids is 2. The Morgan fingerprint density at radius 1 is 1.03 bits per heavy atom. The molecule has 190 valence electrons. The molecule has 1 heterocycles. The van der Waals surface area contributed by atoms with E-state index in [9.17, 15) is 22.8 Å². The molecule has 1 saturated heterocycles. The van der Waals surface area contributed by atoms with Crippen molar-refractivity contribution in [3.8, 4) is 0 Å². The van der Waals surface area contributed by atoms with Crippen molar-refractivity contribution >= 4 is 27.8 Å². The molecular formula is C23H35N3O7S. The van der Waals surface area contributed by atoms with Crippen molar-refractivity contribution in [3.05, 3.63) is 42.5 Å². The molecule has 0 radical (unpaired) electrons. The molecule has 34 heavy (non-hydrogen) atoms. The highest BCUT2D eigenvalue weighted by Crippen LogP contribution is 2.11. The molecule has 2 rings (SSSR count). The van der Waals surface area contributed by atoms with Gasteiger partial charge in [-0.3, -0.25) is 0 Å². The van der Waals surface area contributed by atoms with Crippen LogP contribution in [0.15, 0.2) is 47.4 Å². The SMILES string of the molecule is CC(C)N(CCS(=O)(=O)c1ccccc1)C(=O)NCCN1CCCCC1.O=C(O)/C=C\C(=O)O. The number of urea groups is 1. The maximum atomic E-state index is 12.5. The highest BCUT2D eigenvalue weighted by Gasteiger charge is 2.21. The number of carbonyl (C=O) groups is 3. The first-order valence-electron chi connectivity index (χ1n) is 11.2. The first kappa shape index (κ1) is 29.1. The zero-order valence-corrected chi connectivity index (χ0v) is 20.5. The number of likely N-dealkylation sites (tertiary alicyclic amines) is 1. The molecule has 0 atom stereocenters. The van der Waals surface area contributed by atoms with Crippen molar-refractivity contribution in [3.63, 3.8) is 0 Å². The van der Waals surface area contributed by atoms with Gasteiger partial charge in [-0.1, -0.05) is 24.6 Å². The summed E-state index contributed by atoms with van der Waals surface area (Å²) in [6.45, 7) is 7.62. The number of rotatable bonds is 10. The fourth-order valence-electron chi connectivity index (χ4n) is 3.31. The largest absolute Gasteiger partial charge is 0.478 e. The lowest BCUT2D eigenvalue weighted by atomic mass is 10.1. The van der Waals surface area contributed by atoms with Crippen LogP contribution in [0.25, 0.3) is 0 Å². The smallest absolute Gasteiger partial charge is 0.328 e. The lowest BCUT2D eigenvalue weighted by Crippen LogP contribution is -2.48. The third-order valence-corrected chi connectivity index (χ3v) is 6.82. The van der Waals surface area contributed by atoms with Crippen LogP contribution in [0.4, 0.5) is 4.79 Å². The zero-order chi connectivity index (χ0) is 25.6. The van der Waals surface area contributed by atoms with Gasteiger partial charge in [0.05, 0.1) is 10.6 Å². The highest BCUT2D eigenvalue weighted by atomic mass is 32.2. The van der Waals surface area contributed by atoms with Gasteiger partial charge < -0.3 is 25.3 Å². The predicted octanol–water partition coefficient (Wildman–Crippen LogP) is 2.08. The lowest BCUT2D eigenvalue weighted by molar-refractivity contribution is -0.134. The van der Waals surface area contributed by atoms with Gasteiger partial charge in [-0.05, 0) is 51.9 Å². The third-order valence-electron chi connectivity index (χ3n) is 5.11. The van der Waals surface area contributed by atoms with Gasteiger partial charge in [0.25, 0.3) is 0 Å². The number of piperidine rings is 1. The molecule has 1 aliphatic rings. The van der Waals surface area contributed by atoms with Crippen molar-refractivity contribution < 1.29 is 33.0 Å². The van der Waals surface area contributed by atoms with E-state index in [0.717, 1.165) is 19.6 Å². The monoisotopic (exact) mass is 497 g/mol. The molecule has 0 aliphatic carbocycles. The second-order valence-corrected chi connectivity index (χ2v) is 10.2. The second-order valence-electron chi connectivity index (χ2n) is 8.06. The van der Waals surface area contributed by atoms with Crippen LogP contribution in [0.1, 0.15) is 33.1 Å². The van der Waals surface area contributed by atoms with Gasteiger partial charge in [0.15, 0.2) is 9.84 Å². The average molecular weight is 498 g/mol. The van der Waals surface area contributed by atoms with E-state index in [1.807, 2.05) is 13.8 Å². The number of benzene rings is 1. The molecule has 1 aromatic carbocycles. The first-order chi connectivity index (χ1) is 16.0. The van der Waals surface area contributed by atoms with Crippen molar-refractivity contribution in [2.75, 3.05) is 38.5 Å². The number of hydrogen-bond acceptors (Lipinski definition) is 6. The number of carbonyl (C=O) groups excluding carboxylic acids is 1. The van der Waals surface area contributed by atoms with E-state index in [0.29, 0.717) is 23.6 Å². The van der Waals surface area contributed by atoms with Crippen LogP contribution in [-0.2, 0) is 19.4 Å². The van der Waals surface area contributed by atoms with Crippen LogP contribution in [0.5, 0.6) is 0 Å². The molecule has 0 bridgehead atoms. The number of sulfone groups is 1. The lowest BCUT2D eigenvalue weighted by Gasteiger charge is -2.29. The molecule has 3 N–H and O–H groups in total. The van der Waals surface area contributed by atoms with Crippen molar-refractivity contribution in [2.24, 2.45) is 0 Å². The second kappa shape index (κ2) is 15.1. The Hall–Kier alpha value is -2.92. The van der Waals surface area contributed by atoms with Crippen LogP contribution in [0, 0.1) is 0 Å². The fraction of sp³-hybridized carbons (Fsp3) is 0.522. The fourth-order valence-corrected chi connectivity index (χ4v) is 4.55. The van der Waals surface area contributed by atoms with E-state index in [1.165, 1.54) is 19.3 Å². The molecule has 1 fully saturated rings. The molecule has 1 aliphatic heterocycles. The molecule has 10 nitrogen and oxygen atoms in total. The normalized spacial score (nSPS) is 14.3. The minimum atomic E-state index is -3.39. The van der Waals surface area contributed by atoms with Crippen LogP contribution in [-0.4, -0.2) is 90.9 Å². The molecule has 11 heteroatoms. The topological polar surface area (TPSA) is 144 Å². The number of nitrogens with one attached hydrogen (secondary N) is 1. The number of carboxylic acid groups (broad SMARTS) is 2. The van der Waals surface area contributed by atoms with Crippen molar-refractivity contribution in [1.82, 2.24) is 15.1 Å². The van der Waals surface area contributed by atoms with Crippen LogP contribution in [0.2, 0.25) is 0 Å². The Kier molecular flexibility index (Phi) is 12.9. The van der Waals surface area contributed by atoms with Gasteiger partial charge >= 0.3 is 18.0 Å². The summed E-state index contributed by atoms with van der Waals surface area (Å²) in [7, 11) is -3.39. The minimum absolute atomic E-state index is 0.0593. The Morgan fingerprint density at radius 3 is 2.09 bits per heavy atom. The standard InChI is InChI=1S/C19H31N3O3S.C4H4O4/c1-17(2)22(15-16-26(24,25)18-9-5-3-6-10-18)19(23)20-11-14-21-12-7-4-8-13-21;5-3(6)1-2-4(7)8/h3,5-6,9-10,17H,4,7-8,11-16H2,1-2H3,(H,20,23);1-2H,(H,5,6)(H,7,8)/b;2-1-. The van der Waals surface area contributed by atoms with E-state index in [4.69, 9.17) is 10.2 Å². The molecular weight excluding hydrogens is 462 g/mol. The van der Waals surface area contributed by atoms with Gasteiger partial charge in [-0.15, -0.1) is 0 Å². The van der Waals surface area contributed by atoms with Gasteiger partial charge in [0.2, 0.25) is 0 Å². The predicted molar refractivity (Wildman–Crippen MR) is 128 cm³/mol. The summed E-state index contributed by atoms with van der Waals surface area (Å²) in [4.78, 5) is 35.8. The van der Waals surface area contributed by atoms with E-state index in [1.54, 1.807) is 35.2 Å². The Labute approximate surface area is 201 Å². The summed E-state index contributed by atoms with van der Waals surface area (Å²) in [5.41, 5.74) is 0. The molecule has 0 spiro atoms. The Bertz CT molecular complexity index is 896. The van der Waals surface area contributed by atoms with Crippen molar-refractivity contribution in [1.29, 1.82) is 0 Å². The van der Waals surface area contributed by atoms with E-state index < -0.39 is 21.8 Å². The number of nitrogens with zero attached hydrogens (tertiary/aromatic N) is 2. The van der Waals surface area contributed by atoms with Crippen LogP contribution < -0.4 is 5.32 Å². The zero-order valence-electron chi connectivity index (χ0n) is 19.7. The van der Waals surface area contributed by atoms with E-state index >= 15 is 0 Å². The summed E-state index contributed by atoms with van der Waals surface area (Å²) < 4.78 is 24.9. The maximum absolute atomic E-state index is 12.5. The van der Waals surface area contributed by atoms with Gasteiger partial charge in [-0.25, -0.2) is 22.8 Å². The summed E-state index contributed by atoms with van der Waals surface area (Å²) in [6.07, 6.45) is 4.86. The average Bonchev–Trinajstić information content (AvgIpc) is 2.79. The summed E-state index contributed by atoms with van der Waals surface area (Å²) >= 11 is 0. The molecule has 2 amide bonds. The summed E-state index contributed by atoms with van der Waals surface area (Å²) in [5.74, 6) is -2.59. The Balaban J connectivity index is 0.000000620. The van der Waals surface area contributed by atoms with E-state index in [-0.39, 0.29) is 24.4 Å². The molecule has 1 aromatic rings. The molecule has 0 aromatic heterocycles. The maximum Gasteiger partial charge on any atom is 0.328 e. The van der Waals surface area contributed by atoms with Crippen LogP contribution >= 0.6 is 0 Å². The number of aliphatic carboxylic acids is 2.